The van der Waals surface area contributed by atoms with Gasteiger partial charge >= 0.3 is 0 Å². The van der Waals surface area contributed by atoms with E-state index < -0.39 is 5.54 Å². The van der Waals surface area contributed by atoms with Gasteiger partial charge in [0.05, 0.1) is 11.4 Å². The molecule has 2 N–H and O–H groups in total. The van der Waals surface area contributed by atoms with E-state index in [1.165, 1.54) is 5.56 Å². The maximum atomic E-state index is 13.1. The minimum Gasteiger partial charge on any atom is -0.388 e. The lowest BCUT2D eigenvalue weighted by atomic mass is 9.90. The van der Waals surface area contributed by atoms with Gasteiger partial charge in [-0.05, 0) is 55.5 Å². The number of benzene rings is 1. The van der Waals surface area contributed by atoms with E-state index in [4.69, 9.17) is 0 Å². The van der Waals surface area contributed by atoms with Crippen LogP contribution in [0.4, 0.5) is 5.69 Å². The molecule has 0 spiro atoms. The molecule has 1 aromatic heterocycles. The average Bonchev–Trinajstić information content (AvgIpc) is 3.13. The Kier molecular flexibility index (Phi) is 3.98. The molecule has 3 rings (SSSR count). The van der Waals surface area contributed by atoms with Gasteiger partial charge in [0.15, 0.2) is 5.78 Å². The lowest BCUT2D eigenvalue weighted by molar-refractivity contribution is 0.0899. The number of hydrogen-bond donors (Lipinski definition) is 2. The molecule has 0 saturated heterocycles. The molecule has 1 aromatic carbocycles. The van der Waals surface area contributed by atoms with Gasteiger partial charge in [0, 0.05) is 18.3 Å². The SMILES string of the molecule is CNc1cc(C)ccc1C(=O)C1(C)CN=C(c2sccc2C)N1. The van der Waals surface area contributed by atoms with Crippen LogP contribution in [0.3, 0.4) is 0 Å². The minimum atomic E-state index is -0.702. The summed E-state index contributed by atoms with van der Waals surface area (Å²) in [6.07, 6.45) is 0. The van der Waals surface area contributed by atoms with Gasteiger partial charge in [-0.25, -0.2) is 0 Å². The molecule has 0 radical (unpaired) electrons. The molecule has 2 heterocycles. The number of rotatable bonds is 4. The second kappa shape index (κ2) is 5.81. The number of hydrogen-bond acceptors (Lipinski definition) is 5. The molecular weight excluding hydrogens is 306 g/mol. The monoisotopic (exact) mass is 327 g/mol. The van der Waals surface area contributed by atoms with Crippen molar-refractivity contribution in [3.05, 3.63) is 51.2 Å². The van der Waals surface area contributed by atoms with Crippen molar-refractivity contribution in [1.82, 2.24) is 5.32 Å². The topological polar surface area (TPSA) is 53.5 Å². The largest absolute Gasteiger partial charge is 0.388 e. The Labute approximate surface area is 140 Å². The van der Waals surface area contributed by atoms with Crippen LogP contribution >= 0.6 is 11.3 Å². The third-order valence-electron chi connectivity index (χ3n) is 4.22. The number of nitrogens with zero attached hydrogens (tertiary/aromatic N) is 1. The van der Waals surface area contributed by atoms with Crippen LogP contribution in [0.25, 0.3) is 0 Å². The Balaban J connectivity index is 1.88. The molecule has 0 amide bonds. The van der Waals surface area contributed by atoms with Crippen molar-refractivity contribution in [3.8, 4) is 0 Å². The van der Waals surface area contributed by atoms with E-state index in [0.717, 1.165) is 22.0 Å². The highest BCUT2D eigenvalue weighted by Crippen LogP contribution is 2.27. The first-order valence-corrected chi connectivity index (χ1v) is 8.53. The Hall–Kier alpha value is -2.14. The number of amidine groups is 1. The number of carbonyl (C=O) groups is 1. The van der Waals surface area contributed by atoms with E-state index in [9.17, 15) is 4.79 Å². The summed E-state index contributed by atoms with van der Waals surface area (Å²) in [6.45, 7) is 6.46. The summed E-state index contributed by atoms with van der Waals surface area (Å²) in [7, 11) is 1.84. The molecular formula is C18H21N3OS. The predicted molar refractivity (Wildman–Crippen MR) is 97.1 cm³/mol. The molecule has 2 aromatic rings. The first-order valence-electron chi connectivity index (χ1n) is 7.65. The van der Waals surface area contributed by atoms with Crippen LogP contribution in [0.5, 0.6) is 0 Å². The zero-order valence-electron chi connectivity index (χ0n) is 13.9. The quantitative estimate of drug-likeness (QED) is 0.846. The Morgan fingerprint density at radius 2 is 2.13 bits per heavy atom. The fourth-order valence-electron chi connectivity index (χ4n) is 2.81. The number of nitrogens with one attached hydrogen (secondary N) is 2. The standard InChI is InChI=1S/C18H21N3OS/c1-11-5-6-13(14(9-11)19-4)16(22)18(3)10-20-17(21-18)15-12(2)7-8-23-15/h5-9,19H,10H2,1-4H3,(H,20,21). The molecule has 1 atom stereocenters. The zero-order valence-corrected chi connectivity index (χ0v) is 14.7. The lowest BCUT2D eigenvalue weighted by Gasteiger charge is -2.24. The van der Waals surface area contributed by atoms with Gasteiger partial charge in [0.2, 0.25) is 0 Å². The molecule has 0 aliphatic carbocycles. The smallest absolute Gasteiger partial charge is 0.191 e. The summed E-state index contributed by atoms with van der Waals surface area (Å²) in [6, 6.07) is 7.93. The van der Waals surface area contributed by atoms with Crippen LogP contribution < -0.4 is 10.6 Å². The number of thiophene rings is 1. The van der Waals surface area contributed by atoms with E-state index in [2.05, 4.69) is 28.6 Å². The summed E-state index contributed by atoms with van der Waals surface area (Å²) < 4.78 is 0. The van der Waals surface area contributed by atoms with Crippen LogP contribution in [0.2, 0.25) is 0 Å². The minimum absolute atomic E-state index is 0.0646. The van der Waals surface area contributed by atoms with E-state index >= 15 is 0 Å². The summed E-state index contributed by atoms with van der Waals surface area (Å²) in [5.41, 5.74) is 3.17. The maximum absolute atomic E-state index is 13.1. The maximum Gasteiger partial charge on any atom is 0.191 e. The Morgan fingerprint density at radius 1 is 1.35 bits per heavy atom. The third kappa shape index (κ3) is 2.77. The van der Waals surface area contributed by atoms with Crippen molar-refractivity contribution < 1.29 is 4.79 Å². The fraction of sp³-hybridized carbons (Fsp3) is 0.333. The molecule has 0 fully saturated rings. The number of carbonyl (C=O) groups excluding carboxylic acids is 1. The van der Waals surface area contributed by atoms with E-state index in [1.807, 2.05) is 44.5 Å². The van der Waals surface area contributed by atoms with Gasteiger partial charge < -0.3 is 10.6 Å². The van der Waals surface area contributed by atoms with Crippen LogP contribution in [0, 0.1) is 13.8 Å². The van der Waals surface area contributed by atoms with Gasteiger partial charge in [0.1, 0.15) is 11.4 Å². The van der Waals surface area contributed by atoms with Gasteiger partial charge in [-0.3, -0.25) is 9.79 Å². The fourth-order valence-corrected chi connectivity index (χ4v) is 3.70. The molecule has 1 unspecified atom stereocenters. The van der Waals surface area contributed by atoms with Crippen molar-refractivity contribution in [2.75, 3.05) is 18.9 Å². The first-order chi connectivity index (χ1) is 10.9. The van der Waals surface area contributed by atoms with Crippen molar-refractivity contribution in [2.45, 2.75) is 26.3 Å². The van der Waals surface area contributed by atoms with Crippen LogP contribution in [-0.4, -0.2) is 30.8 Å². The normalized spacial score (nSPS) is 20.1. The first kappa shape index (κ1) is 15.7. The Morgan fingerprint density at radius 3 is 2.78 bits per heavy atom. The van der Waals surface area contributed by atoms with Crippen molar-refractivity contribution in [2.24, 2.45) is 4.99 Å². The zero-order chi connectivity index (χ0) is 16.6. The van der Waals surface area contributed by atoms with Crippen LogP contribution in [0.15, 0.2) is 34.6 Å². The summed E-state index contributed by atoms with van der Waals surface area (Å²) in [5, 5.41) is 8.53. The number of aryl methyl sites for hydroxylation is 2. The molecule has 23 heavy (non-hydrogen) atoms. The summed E-state index contributed by atoms with van der Waals surface area (Å²) >= 11 is 1.65. The molecule has 120 valence electrons. The van der Waals surface area contributed by atoms with E-state index in [0.29, 0.717) is 12.1 Å². The summed E-state index contributed by atoms with van der Waals surface area (Å²) in [4.78, 5) is 18.8. The number of aliphatic imine (C=N–C) groups is 1. The molecule has 5 heteroatoms. The van der Waals surface area contributed by atoms with Crippen molar-refractivity contribution >= 4 is 28.6 Å². The highest BCUT2D eigenvalue weighted by atomic mass is 32.1. The highest BCUT2D eigenvalue weighted by Gasteiger charge is 2.40. The van der Waals surface area contributed by atoms with Crippen molar-refractivity contribution in [3.63, 3.8) is 0 Å². The third-order valence-corrected chi connectivity index (χ3v) is 5.24. The lowest BCUT2D eigenvalue weighted by Crippen LogP contribution is -2.50. The number of Topliss-reactive ketones (excluding diaryl/α,β-unsaturated/α-hetero) is 1. The molecule has 4 nitrogen and oxygen atoms in total. The second-order valence-corrected chi connectivity index (χ2v) is 7.10. The van der Waals surface area contributed by atoms with Crippen molar-refractivity contribution in [1.29, 1.82) is 0 Å². The number of anilines is 1. The molecule has 0 saturated carbocycles. The van der Waals surface area contributed by atoms with Gasteiger partial charge in [-0.1, -0.05) is 6.07 Å². The second-order valence-electron chi connectivity index (χ2n) is 6.18. The van der Waals surface area contributed by atoms with Crippen LogP contribution in [0.1, 0.15) is 33.3 Å². The average molecular weight is 327 g/mol. The number of ketones is 1. The summed E-state index contributed by atoms with van der Waals surface area (Å²) in [5.74, 6) is 0.890. The highest BCUT2D eigenvalue weighted by molar-refractivity contribution is 7.12. The molecule has 0 bridgehead atoms. The molecule has 1 aliphatic heterocycles. The van der Waals surface area contributed by atoms with Gasteiger partial charge in [-0.2, -0.15) is 0 Å². The van der Waals surface area contributed by atoms with E-state index in [-0.39, 0.29) is 5.78 Å². The molecule has 1 aliphatic rings. The van der Waals surface area contributed by atoms with Gasteiger partial charge in [0.25, 0.3) is 0 Å². The van der Waals surface area contributed by atoms with Crippen LogP contribution in [-0.2, 0) is 0 Å². The Bertz CT molecular complexity index is 793. The predicted octanol–water partition coefficient (Wildman–Crippen LogP) is 3.40. The van der Waals surface area contributed by atoms with E-state index in [1.54, 1.807) is 11.3 Å². The van der Waals surface area contributed by atoms with Gasteiger partial charge in [-0.15, -0.1) is 11.3 Å².